The van der Waals surface area contributed by atoms with Gasteiger partial charge in [0.1, 0.15) is 11.6 Å². The second-order valence-corrected chi connectivity index (χ2v) is 11.9. The Bertz CT molecular complexity index is 1480. The number of carboxylic acid groups (broad SMARTS) is 1. The Balaban J connectivity index is 1.43. The summed E-state index contributed by atoms with van der Waals surface area (Å²) >= 11 is 1.16. The van der Waals surface area contributed by atoms with E-state index < -0.39 is 29.3 Å². The van der Waals surface area contributed by atoms with Crippen LogP contribution in [0.5, 0.6) is 0 Å². The van der Waals surface area contributed by atoms with Gasteiger partial charge in [0, 0.05) is 55.8 Å². The summed E-state index contributed by atoms with van der Waals surface area (Å²) in [6.45, 7) is 7.27. The second-order valence-electron chi connectivity index (χ2n) is 10.8. The van der Waals surface area contributed by atoms with Gasteiger partial charge < -0.3 is 15.3 Å². The molecular weight excluding hydrogens is 593 g/mol. The normalized spacial score (nSPS) is 18.4. The fourth-order valence-electron chi connectivity index (χ4n) is 5.41. The highest BCUT2D eigenvalue weighted by Gasteiger charge is 2.33. The third-order valence-electron chi connectivity index (χ3n) is 7.72. The number of thiazole rings is 1. The quantitative estimate of drug-likeness (QED) is 0.298. The summed E-state index contributed by atoms with van der Waals surface area (Å²) in [5, 5.41) is 12.0. The Morgan fingerprint density at radius 3 is 2.49 bits per heavy atom. The number of piperazine rings is 1. The zero-order valence-corrected chi connectivity index (χ0v) is 24.5. The van der Waals surface area contributed by atoms with Crippen LogP contribution in [0.15, 0.2) is 18.2 Å². The van der Waals surface area contributed by atoms with Crippen molar-refractivity contribution in [1.82, 2.24) is 24.8 Å². The Kier molecular flexibility index (Phi) is 9.13. The molecule has 3 aromatic rings. The number of halogens is 5. The number of carboxylic acids is 1. The number of rotatable bonds is 9. The molecule has 2 aliphatic rings. The predicted octanol–water partition coefficient (Wildman–Crippen LogP) is 5.53. The van der Waals surface area contributed by atoms with Crippen LogP contribution in [0.4, 0.5) is 38.7 Å². The minimum Gasteiger partial charge on any atom is -0.481 e. The number of nitrogens with one attached hydrogen (secondary N) is 1. The molecule has 0 amide bonds. The molecule has 0 unspecified atom stereocenters. The van der Waals surface area contributed by atoms with Crippen molar-refractivity contribution in [2.75, 3.05) is 49.5 Å². The number of anilines is 3. The summed E-state index contributed by atoms with van der Waals surface area (Å²) in [6, 6.07) is 2.61. The van der Waals surface area contributed by atoms with E-state index in [-0.39, 0.29) is 40.5 Å². The van der Waals surface area contributed by atoms with Gasteiger partial charge in [0.25, 0.3) is 0 Å². The zero-order chi connectivity index (χ0) is 30.9. The first-order valence-electron chi connectivity index (χ1n) is 14.0. The molecule has 0 bridgehead atoms. The maximum Gasteiger partial charge on any atom is 0.416 e. The van der Waals surface area contributed by atoms with Crippen LogP contribution in [0, 0.1) is 18.6 Å². The minimum atomic E-state index is -4.74. The van der Waals surface area contributed by atoms with E-state index in [1.54, 1.807) is 11.8 Å². The second kappa shape index (κ2) is 12.7. The van der Waals surface area contributed by atoms with Crippen LogP contribution in [0.3, 0.4) is 0 Å². The lowest BCUT2D eigenvalue weighted by Gasteiger charge is -2.35. The average molecular weight is 626 g/mol. The number of alkyl halides is 3. The number of aryl methyl sites for hydroxylation is 1. The fourth-order valence-corrected chi connectivity index (χ4v) is 6.42. The molecule has 0 aliphatic carbocycles. The van der Waals surface area contributed by atoms with Gasteiger partial charge >= 0.3 is 12.1 Å². The van der Waals surface area contributed by atoms with Crippen LogP contribution in [-0.2, 0) is 17.5 Å². The third-order valence-corrected chi connectivity index (χ3v) is 8.67. The van der Waals surface area contributed by atoms with Gasteiger partial charge in [-0.05, 0) is 51.4 Å². The van der Waals surface area contributed by atoms with E-state index in [1.165, 1.54) is 0 Å². The Morgan fingerprint density at radius 2 is 1.84 bits per heavy atom. The van der Waals surface area contributed by atoms with Gasteiger partial charge in [-0.3, -0.25) is 14.6 Å². The van der Waals surface area contributed by atoms with Gasteiger partial charge in [0.2, 0.25) is 5.82 Å². The molecule has 1 atom stereocenters. The lowest BCUT2D eigenvalue weighted by atomic mass is 10.1. The molecule has 0 spiro atoms. The van der Waals surface area contributed by atoms with Gasteiger partial charge in [0.05, 0.1) is 17.7 Å². The van der Waals surface area contributed by atoms with Crippen molar-refractivity contribution in [2.24, 2.45) is 0 Å². The highest BCUT2D eigenvalue weighted by atomic mass is 32.1. The summed E-state index contributed by atoms with van der Waals surface area (Å²) in [4.78, 5) is 30.5. The van der Waals surface area contributed by atoms with E-state index >= 15 is 4.39 Å². The summed E-state index contributed by atoms with van der Waals surface area (Å²) in [5.41, 5.74) is -0.935. The highest BCUT2D eigenvalue weighted by molar-refractivity contribution is 7.16. The van der Waals surface area contributed by atoms with Crippen LogP contribution in [0.25, 0.3) is 11.3 Å². The fraction of sp³-hybridized carbons (Fsp3) is 0.500. The molecule has 4 heterocycles. The maximum atomic E-state index is 15.8. The van der Waals surface area contributed by atoms with Crippen molar-refractivity contribution in [1.29, 1.82) is 0 Å². The number of aromatic nitrogens is 3. The van der Waals surface area contributed by atoms with Gasteiger partial charge in [0.15, 0.2) is 16.8 Å². The van der Waals surface area contributed by atoms with E-state index in [4.69, 9.17) is 5.11 Å². The van der Waals surface area contributed by atoms with Crippen molar-refractivity contribution in [3.8, 4) is 11.3 Å². The first-order valence-corrected chi connectivity index (χ1v) is 14.8. The predicted molar refractivity (Wildman–Crippen MR) is 153 cm³/mol. The maximum absolute atomic E-state index is 15.8. The zero-order valence-electron chi connectivity index (χ0n) is 23.7. The molecule has 15 heteroatoms. The van der Waals surface area contributed by atoms with Crippen LogP contribution in [0.2, 0.25) is 0 Å². The van der Waals surface area contributed by atoms with E-state index in [1.807, 2.05) is 4.90 Å². The number of carbonyl (C=O) groups is 1. The lowest BCUT2D eigenvalue weighted by Crippen LogP contribution is -2.47. The number of hydrogen-bond acceptors (Lipinski definition) is 9. The average Bonchev–Trinajstić information content (AvgIpc) is 3.54. The Hall–Kier alpha value is -3.43. The molecule has 9 nitrogen and oxygen atoms in total. The molecule has 43 heavy (non-hydrogen) atoms. The summed E-state index contributed by atoms with van der Waals surface area (Å²) < 4.78 is 70.7. The van der Waals surface area contributed by atoms with Gasteiger partial charge in [-0.25, -0.2) is 19.3 Å². The largest absolute Gasteiger partial charge is 0.481 e. The number of benzene rings is 1. The lowest BCUT2D eigenvalue weighted by molar-refractivity contribution is -0.138. The van der Waals surface area contributed by atoms with Gasteiger partial charge in [-0.15, -0.1) is 0 Å². The summed E-state index contributed by atoms with van der Waals surface area (Å²) in [5.74, 6) is -2.35. The Morgan fingerprint density at radius 1 is 1.09 bits per heavy atom. The van der Waals surface area contributed by atoms with E-state index in [0.29, 0.717) is 56.0 Å². The van der Waals surface area contributed by atoms with Gasteiger partial charge in [-0.1, -0.05) is 11.3 Å². The molecule has 2 N–H and O–H groups in total. The van der Waals surface area contributed by atoms with Crippen molar-refractivity contribution in [2.45, 2.75) is 51.9 Å². The summed E-state index contributed by atoms with van der Waals surface area (Å²) in [6.07, 6.45) is -2.74. The van der Waals surface area contributed by atoms with Crippen molar-refractivity contribution >= 4 is 34.1 Å². The number of aliphatic carboxylic acids is 1. The van der Waals surface area contributed by atoms with Crippen LogP contribution in [0.1, 0.15) is 42.5 Å². The standard InChI is InChI=1S/C28H32F5N7O2S/c1-16-4-3-6-40(16)15-21-24(18-12-19(28(31,32)33)14-20(29)13-18)36-27(43-21)37-25-23(30)26(35-17(2)34-25)39-10-8-38(9-11-39)7-5-22(41)42/h12-14,16H,3-11,15H2,1-2H3,(H,41,42)(H,34,35,36,37)/t16-/m1/s1. The topological polar surface area (TPSA) is 97.7 Å². The van der Waals surface area contributed by atoms with E-state index in [2.05, 4.69) is 32.1 Å². The molecule has 0 radical (unpaired) electrons. The third kappa shape index (κ3) is 7.39. The summed E-state index contributed by atoms with van der Waals surface area (Å²) in [7, 11) is 0. The van der Waals surface area contributed by atoms with E-state index in [9.17, 15) is 22.4 Å². The van der Waals surface area contributed by atoms with Gasteiger partial charge in [-0.2, -0.15) is 17.6 Å². The van der Waals surface area contributed by atoms with Crippen molar-refractivity contribution < 1.29 is 31.9 Å². The molecular formula is C28H32F5N7O2S. The number of likely N-dealkylation sites (tertiary alicyclic amines) is 1. The molecule has 2 fully saturated rings. The molecule has 2 aliphatic heterocycles. The van der Waals surface area contributed by atoms with Crippen LogP contribution in [-0.4, -0.2) is 81.1 Å². The van der Waals surface area contributed by atoms with Crippen LogP contribution >= 0.6 is 11.3 Å². The molecule has 2 saturated heterocycles. The number of hydrogen-bond donors (Lipinski definition) is 2. The molecule has 2 aromatic heterocycles. The highest BCUT2D eigenvalue weighted by Crippen LogP contribution is 2.39. The smallest absolute Gasteiger partial charge is 0.416 e. The molecule has 1 aromatic carbocycles. The first-order chi connectivity index (χ1) is 20.4. The first kappa shape index (κ1) is 31.0. The SMILES string of the molecule is Cc1nc(Nc2nc(-c3cc(F)cc(C(F)(F)F)c3)c(CN3CCC[C@H]3C)s2)c(F)c(N2CCN(CCC(=O)O)CC2)n1. The Labute approximate surface area is 249 Å². The molecule has 0 saturated carbocycles. The van der Waals surface area contributed by atoms with E-state index in [0.717, 1.165) is 42.9 Å². The van der Waals surface area contributed by atoms with Crippen LogP contribution < -0.4 is 10.2 Å². The minimum absolute atomic E-state index is 0.0146. The molecule has 5 rings (SSSR count). The van der Waals surface area contributed by atoms with Crippen molar-refractivity contribution in [3.63, 3.8) is 0 Å². The monoisotopic (exact) mass is 625 g/mol. The molecule has 232 valence electrons. The van der Waals surface area contributed by atoms with Crippen molar-refractivity contribution in [3.05, 3.63) is 46.1 Å². The number of nitrogens with zero attached hydrogens (tertiary/aromatic N) is 6.